The van der Waals surface area contributed by atoms with Gasteiger partial charge in [0.15, 0.2) is 0 Å². The maximum absolute atomic E-state index is 11.8. The number of ether oxygens (including phenoxy) is 1. The van der Waals surface area contributed by atoms with Crippen LogP contribution in [0.3, 0.4) is 0 Å². The van der Waals surface area contributed by atoms with E-state index in [1.807, 2.05) is 18.2 Å². The van der Waals surface area contributed by atoms with Gasteiger partial charge in [0.05, 0.1) is 18.2 Å². The quantitative estimate of drug-likeness (QED) is 0.724. The van der Waals surface area contributed by atoms with Crippen LogP contribution >= 0.6 is 11.6 Å². The summed E-state index contributed by atoms with van der Waals surface area (Å²) in [5.41, 5.74) is 1.35. The molecule has 1 N–H and O–H groups in total. The highest BCUT2D eigenvalue weighted by atomic mass is 35.5. The van der Waals surface area contributed by atoms with Crippen LogP contribution < -0.4 is 0 Å². The summed E-state index contributed by atoms with van der Waals surface area (Å²) in [6, 6.07) is 7.37. The second-order valence-electron chi connectivity index (χ2n) is 6.21. The number of fused-ring (bicyclic) bond motifs is 1. The van der Waals surface area contributed by atoms with E-state index in [2.05, 4.69) is 9.97 Å². The van der Waals surface area contributed by atoms with Crippen molar-refractivity contribution in [2.45, 2.75) is 26.0 Å². The van der Waals surface area contributed by atoms with Crippen molar-refractivity contribution in [3.63, 3.8) is 0 Å². The molecule has 0 saturated heterocycles. The average molecular weight is 360 g/mol. The second-order valence-corrected chi connectivity index (χ2v) is 6.61. The molecule has 0 amide bonds. The third kappa shape index (κ3) is 3.23. The molecule has 0 fully saturated rings. The van der Waals surface area contributed by atoms with Crippen LogP contribution in [0.5, 0.6) is 0 Å². The molecule has 0 atom stereocenters. The molecule has 0 bridgehead atoms. The first-order valence-electron chi connectivity index (χ1n) is 7.71. The number of halogens is 1. The van der Waals surface area contributed by atoms with Gasteiger partial charge in [-0.05, 0) is 19.9 Å². The predicted octanol–water partition coefficient (Wildman–Crippen LogP) is 3.15. The van der Waals surface area contributed by atoms with Crippen molar-refractivity contribution in [1.82, 2.24) is 14.5 Å². The molecule has 2 aromatic heterocycles. The zero-order valence-corrected chi connectivity index (χ0v) is 14.9. The molecule has 0 unspecified atom stereocenters. The van der Waals surface area contributed by atoms with E-state index >= 15 is 0 Å². The minimum Gasteiger partial charge on any atom is -0.468 e. The summed E-state index contributed by atoms with van der Waals surface area (Å²) in [4.78, 5) is 20.3. The van der Waals surface area contributed by atoms with Gasteiger partial charge in [-0.3, -0.25) is 4.79 Å². The average Bonchev–Trinajstić information content (AvgIpc) is 2.92. The molecule has 0 aliphatic heterocycles. The first-order chi connectivity index (χ1) is 11.8. The molecule has 0 saturated carbocycles. The Balaban J connectivity index is 2.35. The van der Waals surface area contributed by atoms with Crippen molar-refractivity contribution in [3.8, 4) is 11.1 Å². The molecular formula is C18H18ClN3O3. The SMILES string of the molecule is COC(=O)Cn1cc(-c2ccccc2Cl)c2c(C(C)(C)O)ncnc21. The highest BCUT2D eigenvalue weighted by Gasteiger charge is 2.26. The van der Waals surface area contributed by atoms with Gasteiger partial charge < -0.3 is 14.4 Å². The first kappa shape index (κ1) is 17.4. The van der Waals surface area contributed by atoms with Gasteiger partial charge in [0.25, 0.3) is 0 Å². The molecule has 7 heteroatoms. The molecule has 130 valence electrons. The number of carbonyl (C=O) groups is 1. The van der Waals surface area contributed by atoms with Crippen molar-refractivity contribution in [2.24, 2.45) is 0 Å². The van der Waals surface area contributed by atoms with Gasteiger partial charge in [0, 0.05) is 22.3 Å². The van der Waals surface area contributed by atoms with Crippen molar-refractivity contribution in [3.05, 3.63) is 47.5 Å². The van der Waals surface area contributed by atoms with E-state index in [0.29, 0.717) is 21.7 Å². The lowest BCUT2D eigenvalue weighted by Gasteiger charge is -2.18. The Morgan fingerprint density at radius 1 is 1.28 bits per heavy atom. The molecule has 1 aromatic carbocycles. The van der Waals surface area contributed by atoms with Crippen LogP contribution in [0.25, 0.3) is 22.2 Å². The van der Waals surface area contributed by atoms with E-state index in [1.165, 1.54) is 13.4 Å². The molecule has 2 heterocycles. The van der Waals surface area contributed by atoms with Crippen LogP contribution in [0.4, 0.5) is 0 Å². The summed E-state index contributed by atoms with van der Waals surface area (Å²) in [6.45, 7) is 3.31. The fourth-order valence-corrected chi connectivity index (χ4v) is 3.03. The number of nitrogens with zero attached hydrogens (tertiary/aromatic N) is 3. The highest BCUT2D eigenvalue weighted by molar-refractivity contribution is 6.33. The maximum atomic E-state index is 11.8. The second kappa shape index (κ2) is 6.46. The third-order valence-corrected chi connectivity index (χ3v) is 4.25. The Kier molecular flexibility index (Phi) is 4.49. The molecule has 25 heavy (non-hydrogen) atoms. The minimum atomic E-state index is -1.19. The van der Waals surface area contributed by atoms with Crippen LogP contribution in [-0.4, -0.2) is 32.7 Å². The summed E-state index contributed by atoms with van der Waals surface area (Å²) < 4.78 is 6.44. The van der Waals surface area contributed by atoms with Gasteiger partial charge in [-0.25, -0.2) is 9.97 Å². The van der Waals surface area contributed by atoms with Crippen molar-refractivity contribution in [2.75, 3.05) is 7.11 Å². The number of hydrogen-bond acceptors (Lipinski definition) is 5. The Morgan fingerprint density at radius 3 is 2.64 bits per heavy atom. The molecule has 0 spiro atoms. The number of hydrogen-bond donors (Lipinski definition) is 1. The zero-order valence-electron chi connectivity index (χ0n) is 14.2. The molecular weight excluding hydrogens is 342 g/mol. The van der Waals surface area contributed by atoms with Gasteiger partial charge in [0.2, 0.25) is 0 Å². The zero-order chi connectivity index (χ0) is 18.2. The standard InChI is InChI=1S/C18H18ClN3O3/c1-18(2,24)16-15-12(11-6-4-5-7-13(11)19)8-22(9-14(23)25-3)17(15)21-10-20-16/h4-8,10,24H,9H2,1-3H3. The normalized spacial score (nSPS) is 11.7. The maximum Gasteiger partial charge on any atom is 0.325 e. The minimum absolute atomic E-state index is 0.000235. The van der Waals surface area contributed by atoms with Crippen molar-refractivity contribution in [1.29, 1.82) is 0 Å². The summed E-state index contributed by atoms with van der Waals surface area (Å²) in [6.07, 6.45) is 3.16. The molecule has 0 radical (unpaired) electrons. The molecule has 6 nitrogen and oxygen atoms in total. The number of benzene rings is 1. The highest BCUT2D eigenvalue weighted by Crippen LogP contribution is 2.38. The van der Waals surface area contributed by atoms with Gasteiger partial charge in [-0.15, -0.1) is 0 Å². The fourth-order valence-electron chi connectivity index (χ4n) is 2.80. The third-order valence-electron chi connectivity index (χ3n) is 3.92. The van der Waals surface area contributed by atoms with E-state index in [4.69, 9.17) is 16.3 Å². The predicted molar refractivity (Wildman–Crippen MR) is 95.2 cm³/mol. The molecule has 3 rings (SSSR count). The molecule has 0 aliphatic rings. The van der Waals surface area contributed by atoms with Gasteiger partial charge in [-0.1, -0.05) is 29.8 Å². The van der Waals surface area contributed by atoms with Gasteiger partial charge in [0.1, 0.15) is 24.1 Å². The van der Waals surface area contributed by atoms with Gasteiger partial charge in [-0.2, -0.15) is 0 Å². The number of rotatable bonds is 4. The number of esters is 1. The summed E-state index contributed by atoms with van der Waals surface area (Å²) in [7, 11) is 1.33. The van der Waals surface area contributed by atoms with E-state index < -0.39 is 11.6 Å². The fraction of sp³-hybridized carbons (Fsp3) is 0.278. The lowest BCUT2D eigenvalue weighted by atomic mass is 9.97. The largest absolute Gasteiger partial charge is 0.468 e. The first-order valence-corrected chi connectivity index (χ1v) is 8.09. The molecule has 0 aliphatic carbocycles. The Hall–Kier alpha value is -2.44. The van der Waals surface area contributed by atoms with Crippen LogP contribution in [0.1, 0.15) is 19.5 Å². The lowest BCUT2D eigenvalue weighted by Crippen LogP contribution is -2.18. The smallest absolute Gasteiger partial charge is 0.325 e. The summed E-state index contributed by atoms with van der Waals surface area (Å²) >= 11 is 6.36. The van der Waals surface area contributed by atoms with Crippen molar-refractivity contribution < 1.29 is 14.6 Å². The van der Waals surface area contributed by atoms with E-state index in [-0.39, 0.29) is 6.54 Å². The Bertz CT molecular complexity index is 944. The van der Waals surface area contributed by atoms with E-state index in [0.717, 1.165) is 11.1 Å². The van der Waals surface area contributed by atoms with Crippen LogP contribution in [0.2, 0.25) is 5.02 Å². The topological polar surface area (TPSA) is 77.2 Å². The lowest BCUT2D eigenvalue weighted by molar-refractivity contribution is -0.141. The van der Waals surface area contributed by atoms with Crippen LogP contribution in [0, 0.1) is 0 Å². The number of aliphatic hydroxyl groups is 1. The van der Waals surface area contributed by atoms with Crippen LogP contribution in [0.15, 0.2) is 36.8 Å². The van der Waals surface area contributed by atoms with Crippen molar-refractivity contribution >= 4 is 28.6 Å². The Labute approximate surface area is 150 Å². The van der Waals surface area contributed by atoms with E-state index in [1.54, 1.807) is 30.7 Å². The Morgan fingerprint density at radius 2 is 2.00 bits per heavy atom. The monoisotopic (exact) mass is 359 g/mol. The summed E-state index contributed by atoms with van der Waals surface area (Å²) in [5, 5.41) is 11.8. The molecule has 3 aromatic rings. The van der Waals surface area contributed by atoms with Crippen LogP contribution in [-0.2, 0) is 21.7 Å². The van der Waals surface area contributed by atoms with E-state index in [9.17, 15) is 9.90 Å². The van der Waals surface area contributed by atoms with Gasteiger partial charge >= 0.3 is 5.97 Å². The summed E-state index contributed by atoms with van der Waals surface area (Å²) in [5.74, 6) is -0.397. The number of methoxy groups -OCH3 is 1. The number of carbonyl (C=O) groups excluding carboxylic acids is 1. The number of aromatic nitrogens is 3.